The lowest BCUT2D eigenvalue weighted by Crippen LogP contribution is -2.39. The molecule has 0 saturated heterocycles. The molecule has 0 aliphatic carbocycles. The maximum Gasteiger partial charge on any atom is 0.261 e. The van der Waals surface area contributed by atoms with Gasteiger partial charge in [-0.2, -0.15) is 5.10 Å². The highest BCUT2D eigenvalue weighted by Gasteiger charge is 2.19. The Balaban J connectivity index is 2.82. The third-order valence-electron chi connectivity index (χ3n) is 1.66. The monoisotopic (exact) mass is 310 g/mol. The first-order chi connectivity index (χ1) is 6.69. The Morgan fingerprint density at radius 1 is 1.93 bits per heavy atom. The van der Waals surface area contributed by atoms with Crippen molar-refractivity contribution >= 4 is 28.5 Å². The zero-order chi connectivity index (χ0) is 10.6. The SMILES string of the molecule is COCC(C(=O)NN)n1cc(I)cn1. The number of ether oxygens (including phenoxy) is 1. The van der Waals surface area contributed by atoms with Crippen LogP contribution in [0.25, 0.3) is 0 Å². The Bertz CT molecular complexity index is 314. The van der Waals surface area contributed by atoms with Crippen LogP contribution in [-0.2, 0) is 9.53 Å². The van der Waals surface area contributed by atoms with Crippen molar-refractivity contribution in [1.29, 1.82) is 0 Å². The van der Waals surface area contributed by atoms with Gasteiger partial charge in [0.15, 0.2) is 6.04 Å². The van der Waals surface area contributed by atoms with Crippen LogP contribution in [0.5, 0.6) is 0 Å². The van der Waals surface area contributed by atoms with Gasteiger partial charge >= 0.3 is 0 Å². The van der Waals surface area contributed by atoms with Crippen LogP contribution >= 0.6 is 22.6 Å². The number of nitrogens with one attached hydrogen (secondary N) is 1. The fourth-order valence-corrected chi connectivity index (χ4v) is 1.42. The molecule has 78 valence electrons. The van der Waals surface area contributed by atoms with Crippen LogP contribution in [0.2, 0.25) is 0 Å². The molecule has 1 heterocycles. The number of nitrogens with two attached hydrogens (primary N) is 1. The fraction of sp³-hybridized carbons (Fsp3) is 0.429. The van der Waals surface area contributed by atoms with Crippen LogP contribution in [0.3, 0.4) is 0 Å². The second-order valence-electron chi connectivity index (χ2n) is 2.62. The lowest BCUT2D eigenvalue weighted by atomic mass is 10.3. The molecular weight excluding hydrogens is 299 g/mol. The van der Waals surface area contributed by atoms with Crippen molar-refractivity contribution in [2.75, 3.05) is 13.7 Å². The summed E-state index contributed by atoms with van der Waals surface area (Å²) in [4.78, 5) is 11.3. The molecule has 14 heavy (non-hydrogen) atoms. The van der Waals surface area contributed by atoms with Crippen LogP contribution < -0.4 is 11.3 Å². The summed E-state index contributed by atoms with van der Waals surface area (Å²) in [7, 11) is 1.52. The molecule has 1 atom stereocenters. The summed E-state index contributed by atoms with van der Waals surface area (Å²) in [5, 5.41) is 4.02. The number of methoxy groups -OCH3 is 1. The zero-order valence-electron chi connectivity index (χ0n) is 7.61. The minimum absolute atomic E-state index is 0.237. The van der Waals surface area contributed by atoms with Gasteiger partial charge in [0.2, 0.25) is 0 Å². The molecule has 7 heteroatoms. The lowest BCUT2D eigenvalue weighted by molar-refractivity contribution is -0.126. The molecule has 1 unspecified atom stereocenters. The van der Waals surface area contributed by atoms with E-state index in [1.807, 2.05) is 0 Å². The van der Waals surface area contributed by atoms with E-state index in [2.05, 4.69) is 33.1 Å². The number of carbonyl (C=O) groups excluding carboxylic acids is 1. The Morgan fingerprint density at radius 3 is 3.07 bits per heavy atom. The van der Waals surface area contributed by atoms with E-state index in [9.17, 15) is 4.79 Å². The van der Waals surface area contributed by atoms with Gasteiger partial charge < -0.3 is 4.74 Å². The maximum absolute atomic E-state index is 11.3. The van der Waals surface area contributed by atoms with Gasteiger partial charge in [0.05, 0.1) is 16.4 Å². The smallest absolute Gasteiger partial charge is 0.261 e. The van der Waals surface area contributed by atoms with E-state index in [0.29, 0.717) is 0 Å². The van der Waals surface area contributed by atoms with Crippen LogP contribution in [-0.4, -0.2) is 29.4 Å². The highest BCUT2D eigenvalue weighted by molar-refractivity contribution is 14.1. The average molecular weight is 310 g/mol. The van der Waals surface area contributed by atoms with Gasteiger partial charge in [-0.25, -0.2) is 5.84 Å². The number of nitrogens with zero attached hydrogens (tertiary/aromatic N) is 2. The molecule has 0 spiro atoms. The van der Waals surface area contributed by atoms with Crippen molar-refractivity contribution in [3.05, 3.63) is 16.0 Å². The van der Waals surface area contributed by atoms with E-state index >= 15 is 0 Å². The second kappa shape index (κ2) is 5.27. The van der Waals surface area contributed by atoms with Gasteiger partial charge in [0, 0.05) is 13.3 Å². The van der Waals surface area contributed by atoms with E-state index < -0.39 is 6.04 Å². The Kier molecular flexibility index (Phi) is 4.29. The molecule has 0 aliphatic rings. The third-order valence-corrected chi connectivity index (χ3v) is 2.22. The van der Waals surface area contributed by atoms with Crippen molar-refractivity contribution in [1.82, 2.24) is 15.2 Å². The zero-order valence-corrected chi connectivity index (χ0v) is 9.76. The highest BCUT2D eigenvalue weighted by Crippen LogP contribution is 2.09. The predicted octanol–water partition coefficient (Wildman–Crippen LogP) is -0.335. The van der Waals surface area contributed by atoms with Gasteiger partial charge in [-0.05, 0) is 22.6 Å². The number of hydrogen-bond donors (Lipinski definition) is 2. The highest BCUT2D eigenvalue weighted by atomic mass is 127. The molecule has 1 aromatic heterocycles. The van der Waals surface area contributed by atoms with Crippen LogP contribution in [0.15, 0.2) is 12.4 Å². The maximum atomic E-state index is 11.3. The minimum Gasteiger partial charge on any atom is -0.382 e. The number of aromatic nitrogens is 2. The van der Waals surface area contributed by atoms with Crippen molar-refractivity contribution in [2.24, 2.45) is 5.84 Å². The standard InChI is InChI=1S/C7H11IN4O2/c1-14-4-6(7(13)11-9)12-3-5(8)2-10-12/h2-3,6H,4,9H2,1H3,(H,11,13). The molecular formula is C7H11IN4O2. The number of carbonyl (C=O) groups is 1. The van der Waals surface area contributed by atoms with Gasteiger partial charge in [-0.1, -0.05) is 0 Å². The summed E-state index contributed by atoms with van der Waals surface area (Å²) in [6.45, 7) is 0.237. The average Bonchev–Trinajstić information content (AvgIpc) is 2.60. The van der Waals surface area contributed by atoms with Crippen LogP contribution in [0, 0.1) is 3.57 Å². The summed E-state index contributed by atoms with van der Waals surface area (Å²) in [6.07, 6.45) is 3.41. The summed E-state index contributed by atoms with van der Waals surface area (Å²) >= 11 is 2.11. The number of rotatable bonds is 4. The lowest BCUT2D eigenvalue weighted by Gasteiger charge is -2.14. The number of hydrazine groups is 1. The van der Waals surface area contributed by atoms with Crippen LogP contribution in [0.1, 0.15) is 6.04 Å². The van der Waals surface area contributed by atoms with Gasteiger partial charge in [-0.15, -0.1) is 0 Å². The van der Waals surface area contributed by atoms with E-state index in [-0.39, 0.29) is 12.5 Å². The molecule has 6 nitrogen and oxygen atoms in total. The van der Waals surface area contributed by atoms with Crippen molar-refractivity contribution in [3.8, 4) is 0 Å². The Labute approximate surface area is 94.9 Å². The van der Waals surface area contributed by atoms with Crippen LogP contribution in [0.4, 0.5) is 0 Å². The molecule has 0 radical (unpaired) electrons. The molecule has 1 rings (SSSR count). The van der Waals surface area contributed by atoms with Crippen molar-refractivity contribution < 1.29 is 9.53 Å². The van der Waals surface area contributed by atoms with Gasteiger partial charge in [0.25, 0.3) is 5.91 Å². The molecule has 1 amide bonds. The van der Waals surface area contributed by atoms with Gasteiger partial charge in [0.1, 0.15) is 0 Å². The molecule has 3 N–H and O–H groups in total. The number of amides is 1. The molecule has 0 aliphatic heterocycles. The van der Waals surface area contributed by atoms with E-state index in [0.717, 1.165) is 3.57 Å². The largest absolute Gasteiger partial charge is 0.382 e. The fourth-order valence-electron chi connectivity index (χ4n) is 1.01. The van der Waals surface area contributed by atoms with Gasteiger partial charge in [-0.3, -0.25) is 14.9 Å². The topological polar surface area (TPSA) is 82.2 Å². The van der Waals surface area contributed by atoms with E-state index in [1.54, 1.807) is 12.4 Å². The predicted molar refractivity (Wildman–Crippen MR) is 58.2 cm³/mol. The van der Waals surface area contributed by atoms with E-state index in [1.165, 1.54) is 11.8 Å². The third kappa shape index (κ3) is 2.66. The first kappa shape index (κ1) is 11.4. The molecule has 0 saturated carbocycles. The summed E-state index contributed by atoms with van der Waals surface area (Å²) in [5.41, 5.74) is 2.08. The summed E-state index contributed by atoms with van der Waals surface area (Å²) in [6, 6.07) is -0.520. The Morgan fingerprint density at radius 2 is 2.64 bits per heavy atom. The van der Waals surface area contributed by atoms with Crippen molar-refractivity contribution in [3.63, 3.8) is 0 Å². The molecule has 0 bridgehead atoms. The normalized spacial score (nSPS) is 12.5. The second-order valence-corrected chi connectivity index (χ2v) is 3.86. The van der Waals surface area contributed by atoms with E-state index in [4.69, 9.17) is 10.6 Å². The van der Waals surface area contributed by atoms with Crippen molar-refractivity contribution in [2.45, 2.75) is 6.04 Å². The minimum atomic E-state index is -0.520. The number of halogens is 1. The quantitative estimate of drug-likeness (QED) is 0.345. The summed E-state index contributed by atoms with van der Waals surface area (Å²) < 4.78 is 7.38. The number of hydrogen-bond acceptors (Lipinski definition) is 4. The Hall–Kier alpha value is -0.670. The molecule has 1 aromatic rings. The first-order valence-corrected chi connectivity index (χ1v) is 4.96. The molecule has 0 fully saturated rings. The molecule has 0 aromatic carbocycles. The summed E-state index contributed by atoms with van der Waals surface area (Å²) in [5.74, 6) is 4.72. The first-order valence-electron chi connectivity index (χ1n) is 3.88.